The summed E-state index contributed by atoms with van der Waals surface area (Å²) in [5.41, 5.74) is 0.957. The van der Waals surface area contributed by atoms with E-state index in [9.17, 15) is 14.4 Å². The largest absolute Gasteiger partial charge is 0.481 e. The van der Waals surface area contributed by atoms with E-state index in [0.717, 1.165) is 31.4 Å². The summed E-state index contributed by atoms with van der Waals surface area (Å²) in [6.45, 7) is 2.97. The molecule has 1 amide bonds. The Labute approximate surface area is 166 Å². The van der Waals surface area contributed by atoms with Crippen molar-refractivity contribution in [1.29, 1.82) is 0 Å². The van der Waals surface area contributed by atoms with Gasteiger partial charge in [-0.3, -0.25) is 9.59 Å². The fourth-order valence-corrected chi connectivity index (χ4v) is 3.62. The SMILES string of the molecule is COC(=O)CC(CCCN1CC[C@@H](CCC(C)=O)C1=O)c1ccc(OC)nc1. The number of nitrogens with zero attached hydrogens (tertiary/aromatic N) is 2. The van der Waals surface area contributed by atoms with E-state index < -0.39 is 0 Å². The number of aromatic nitrogens is 1. The molecule has 1 aliphatic rings. The van der Waals surface area contributed by atoms with Crippen LogP contribution in [0.5, 0.6) is 5.88 Å². The molecule has 0 aliphatic carbocycles. The summed E-state index contributed by atoms with van der Waals surface area (Å²) in [6.07, 6.45) is 5.48. The van der Waals surface area contributed by atoms with Gasteiger partial charge in [-0.15, -0.1) is 0 Å². The van der Waals surface area contributed by atoms with Crippen LogP contribution in [0.25, 0.3) is 0 Å². The topological polar surface area (TPSA) is 85.8 Å². The van der Waals surface area contributed by atoms with Crippen molar-refractivity contribution in [3.05, 3.63) is 23.9 Å². The summed E-state index contributed by atoms with van der Waals surface area (Å²) in [4.78, 5) is 41.5. The van der Waals surface area contributed by atoms with Crippen LogP contribution in [-0.2, 0) is 19.1 Å². The van der Waals surface area contributed by atoms with Crippen LogP contribution >= 0.6 is 0 Å². The predicted octanol–water partition coefficient (Wildman–Crippen LogP) is 2.73. The highest BCUT2D eigenvalue weighted by Gasteiger charge is 2.31. The van der Waals surface area contributed by atoms with Crippen molar-refractivity contribution in [2.75, 3.05) is 27.3 Å². The molecule has 1 saturated heterocycles. The third-order valence-electron chi connectivity index (χ3n) is 5.31. The smallest absolute Gasteiger partial charge is 0.306 e. The zero-order valence-corrected chi connectivity index (χ0v) is 17.0. The number of likely N-dealkylation sites (tertiary alicyclic amines) is 1. The number of hydrogen-bond donors (Lipinski definition) is 0. The van der Waals surface area contributed by atoms with Crippen LogP contribution in [0.2, 0.25) is 0 Å². The number of rotatable bonds is 11. The second kappa shape index (κ2) is 10.8. The lowest BCUT2D eigenvalue weighted by Crippen LogP contribution is -2.29. The molecule has 1 fully saturated rings. The molecule has 0 bridgehead atoms. The van der Waals surface area contributed by atoms with Gasteiger partial charge in [0.2, 0.25) is 11.8 Å². The van der Waals surface area contributed by atoms with Crippen LogP contribution in [0.1, 0.15) is 56.9 Å². The van der Waals surface area contributed by atoms with Crippen molar-refractivity contribution < 1.29 is 23.9 Å². The van der Waals surface area contributed by atoms with E-state index >= 15 is 0 Å². The first-order chi connectivity index (χ1) is 13.4. The van der Waals surface area contributed by atoms with Gasteiger partial charge in [-0.05, 0) is 44.1 Å². The number of Topliss-reactive ketones (excluding diaryl/α,β-unsaturated/α-hetero) is 1. The van der Waals surface area contributed by atoms with Gasteiger partial charge < -0.3 is 19.2 Å². The quantitative estimate of drug-likeness (QED) is 0.540. The van der Waals surface area contributed by atoms with Gasteiger partial charge in [0.05, 0.1) is 20.6 Å². The molecule has 0 spiro atoms. The van der Waals surface area contributed by atoms with Crippen LogP contribution in [0.4, 0.5) is 0 Å². The molecule has 154 valence electrons. The van der Waals surface area contributed by atoms with Crippen LogP contribution in [-0.4, -0.2) is 54.9 Å². The number of carbonyl (C=O) groups excluding carboxylic acids is 3. The van der Waals surface area contributed by atoms with Crippen LogP contribution < -0.4 is 4.74 Å². The first-order valence-corrected chi connectivity index (χ1v) is 9.79. The Balaban J connectivity index is 1.89. The third kappa shape index (κ3) is 6.32. The Morgan fingerprint density at radius 3 is 2.71 bits per heavy atom. The van der Waals surface area contributed by atoms with Crippen LogP contribution in [0, 0.1) is 5.92 Å². The highest BCUT2D eigenvalue weighted by Crippen LogP contribution is 2.28. The summed E-state index contributed by atoms with van der Waals surface area (Å²) in [5, 5.41) is 0. The highest BCUT2D eigenvalue weighted by molar-refractivity contribution is 5.82. The maximum absolute atomic E-state index is 12.5. The zero-order valence-electron chi connectivity index (χ0n) is 17.0. The van der Waals surface area contributed by atoms with Gasteiger partial charge in [0, 0.05) is 37.7 Å². The number of methoxy groups -OCH3 is 2. The molecule has 1 aliphatic heterocycles. The second-order valence-corrected chi connectivity index (χ2v) is 7.30. The van der Waals surface area contributed by atoms with Crippen molar-refractivity contribution >= 4 is 17.7 Å². The molecule has 7 heteroatoms. The number of hydrogen-bond acceptors (Lipinski definition) is 6. The summed E-state index contributed by atoms with van der Waals surface area (Å²) >= 11 is 0. The molecule has 0 N–H and O–H groups in total. The fourth-order valence-electron chi connectivity index (χ4n) is 3.62. The minimum absolute atomic E-state index is 0.0166. The van der Waals surface area contributed by atoms with Crippen molar-refractivity contribution in [1.82, 2.24) is 9.88 Å². The first-order valence-electron chi connectivity index (χ1n) is 9.79. The summed E-state index contributed by atoms with van der Waals surface area (Å²) < 4.78 is 9.92. The lowest BCUT2D eigenvalue weighted by molar-refractivity contribution is -0.141. The molecule has 1 aromatic heterocycles. The lowest BCUT2D eigenvalue weighted by atomic mass is 9.92. The van der Waals surface area contributed by atoms with Gasteiger partial charge in [0.1, 0.15) is 5.78 Å². The summed E-state index contributed by atoms with van der Waals surface area (Å²) in [5.74, 6) is 0.502. The summed E-state index contributed by atoms with van der Waals surface area (Å²) in [6, 6.07) is 3.70. The van der Waals surface area contributed by atoms with Crippen molar-refractivity contribution in [3.8, 4) is 5.88 Å². The van der Waals surface area contributed by atoms with Crippen LogP contribution in [0.15, 0.2) is 18.3 Å². The first kappa shape index (κ1) is 21.9. The van der Waals surface area contributed by atoms with Gasteiger partial charge in [0.15, 0.2) is 0 Å². The van der Waals surface area contributed by atoms with Gasteiger partial charge in [-0.2, -0.15) is 0 Å². The number of ether oxygens (including phenoxy) is 2. The van der Waals surface area contributed by atoms with Gasteiger partial charge in [-0.1, -0.05) is 6.07 Å². The Kier molecular flexibility index (Phi) is 8.42. The molecule has 2 atom stereocenters. The molecule has 2 heterocycles. The second-order valence-electron chi connectivity index (χ2n) is 7.30. The molecule has 7 nitrogen and oxygen atoms in total. The minimum Gasteiger partial charge on any atom is -0.481 e. The standard InChI is InChI=1S/C21H30N2O5/c1-15(24)6-7-16-10-12-23(21(16)26)11-4-5-17(13-20(25)28-3)18-8-9-19(27-2)22-14-18/h8-9,14,16-17H,4-7,10-13H2,1-3H3/t16-,17?/m1/s1. The Hall–Kier alpha value is -2.44. The number of esters is 1. The van der Waals surface area contributed by atoms with Gasteiger partial charge >= 0.3 is 5.97 Å². The number of amides is 1. The van der Waals surface area contributed by atoms with E-state index in [4.69, 9.17) is 9.47 Å². The Bertz CT molecular complexity index is 674. The van der Waals surface area contributed by atoms with E-state index in [0.29, 0.717) is 25.3 Å². The highest BCUT2D eigenvalue weighted by atomic mass is 16.5. The molecule has 2 rings (SSSR count). The predicted molar refractivity (Wildman–Crippen MR) is 104 cm³/mol. The van der Waals surface area contributed by atoms with E-state index in [-0.39, 0.29) is 35.9 Å². The molecule has 1 aromatic rings. The van der Waals surface area contributed by atoms with Crippen molar-refractivity contribution in [2.45, 2.75) is 51.4 Å². The average Bonchev–Trinajstić information content (AvgIpc) is 3.05. The van der Waals surface area contributed by atoms with E-state index in [2.05, 4.69) is 4.98 Å². The number of pyridine rings is 1. The Morgan fingerprint density at radius 2 is 2.11 bits per heavy atom. The molecule has 28 heavy (non-hydrogen) atoms. The minimum atomic E-state index is -0.262. The Morgan fingerprint density at radius 1 is 1.32 bits per heavy atom. The van der Waals surface area contributed by atoms with Crippen molar-refractivity contribution in [3.63, 3.8) is 0 Å². The number of ketones is 1. The molecule has 0 radical (unpaired) electrons. The van der Waals surface area contributed by atoms with E-state index in [1.54, 1.807) is 26.3 Å². The van der Waals surface area contributed by atoms with E-state index in [1.165, 1.54) is 7.11 Å². The van der Waals surface area contributed by atoms with Gasteiger partial charge in [0.25, 0.3) is 0 Å². The maximum atomic E-state index is 12.5. The maximum Gasteiger partial charge on any atom is 0.306 e. The molecular weight excluding hydrogens is 360 g/mol. The normalized spacial score (nSPS) is 17.5. The average molecular weight is 390 g/mol. The molecule has 1 unspecified atom stereocenters. The number of carbonyl (C=O) groups is 3. The molecular formula is C21H30N2O5. The third-order valence-corrected chi connectivity index (χ3v) is 5.31. The zero-order chi connectivity index (χ0) is 20.5. The van der Waals surface area contributed by atoms with Crippen molar-refractivity contribution in [2.24, 2.45) is 5.92 Å². The van der Waals surface area contributed by atoms with E-state index in [1.807, 2.05) is 11.0 Å². The van der Waals surface area contributed by atoms with Gasteiger partial charge in [-0.25, -0.2) is 4.98 Å². The molecule has 0 aromatic carbocycles. The molecule has 0 saturated carbocycles. The lowest BCUT2D eigenvalue weighted by Gasteiger charge is -2.20. The summed E-state index contributed by atoms with van der Waals surface area (Å²) in [7, 11) is 2.94. The van der Waals surface area contributed by atoms with Crippen LogP contribution in [0.3, 0.4) is 0 Å². The monoisotopic (exact) mass is 390 g/mol. The fraction of sp³-hybridized carbons (Fsp3) is 0.619.